The molecule has 0 aromatic carbocycles. The minimum Gasteiger partial charge on any atom is -0.481 e. The van der Waals surface area contributed by atoms with Crippen LogP contribution >= 0.6 is 0 Å². The highest BCUT2D eigenvalue weighted by Crippen LogP contribution is 2.28. The Morgan fingerprint density at radius 1 is 1.53 bits per heavy atom. The molecular formula is C12H15N3O4. The highest BCUT2D eigenvalue weighted by molar-refractivity contribution is 5.85. The second-order valence-electron chi connectivity index (χ2n) is 4.40. The zero-order valence-corrected chi connectivity index (χ0v) is 10.7. The maximum atomic E-state index is 11.4. The second-order valence-corrected chi connectivity index (χ2v) is 4.40. The largest absolute Gasteiger partial charge is 0.481 e. The number of carboxylic acids is 1. The lowest BCUT2D eigenvalue weighted by atomic mass is 10.0. The summed E-state index contributed by atoms with van der Waals surface area (Å²) < 4.78 is 4.56. The number of methoxy groups -OCH3 is 1. The van der Waals surface area contributed by atoms with E-state index in [2.05, 4.69) is 14.7 Å². The third-order valence-electron chi connectivity index (χ3n) is 3.38. The molecule has 0 saturated carbocycles. The van der Waals surface area contributed by atoms with Gasteiger partial charge in [0.1, 0.15) is 5.82 Å². The smallest absolute Gasteiger partial charge is 0.376 e. The quantitative estimate of drug-likeness (QED) is 0.798. The molecule has 0 aliphatic carbocycles. The van der Waals surface area contributed by atoms with Gasteiger partial charge in [-0.25, -0.2) is 14.8 Å². The lowest BCUT2D eigenvalue weighted by molar-refractivity contribution is -0.141. The Kier molecular flexibility index (Phi) is 3.64. The zero-order chi connectivity index (χ0) is 14.0. The van der Waals surface area contributed by atoms with Crippen molar-refractivity contribution in [2.75, 3.05) is 18.6 Å². The third kappa shape index (κ3) is 2.49. The fraction of sp³-hybridized carbons (Fsp3) is 0.500. The SMILES string of the molecule is COC(=O)c1nccc(N2CCC(C(=O)O)C2C)n1. The minimum absolute atomic E-state index is 0.0222. The molecule has 7 heteroatoms. The molecule has 0 bridgehead atoms. The maximum absolute atomic E-state index is 11.4. The molecule has 0 radical (unpaired) electrons. The van der Waals surface area contributed by atoms with E-state index in [1.54, 1.807) is 6.07 Å². The topological polar surface area (TPSA) is 92.6 Å². The first-order valence-corrected chi connectivity index (χ1v) is 5.95. The van der Waals surface area contributed by atoms with Crippen LogP contribution in [-0.2, 0) is 9.53 Å². The summed E-state index contributed by atoms with van der Waals surface area (Å²) in [5.74, 6) is -1.31. The molecule has 1 aliphatic rings. The summed E-state index contributed by atoms with van der Waals surface area (Å²) in [6, 6.07) is 1.49. The van der Waals surface area contributed by atoms with Crippen molar-refractivity contribution >= 4 is 17.8 Å². The van der Waals surface area contributed by atoms with Crippen LogP contribution in [0.25, 0.3) is 0 Å². The molecule has 19 heavy (non-hydrogen) atoms. The zero-order valence-electron chi connectivity index (χ0n) is 10.7. The Balaban J connectivity index is 2.23. The van der Waals surface area contributed by atoms with Crippen LogP contribution in [0.5, 0.6) is 0 Å². The van der Waals surface area contributed by atoms with Gasteiger partial charge in [-0.1, -0.05) is 0 Å². The van der Waals surface area contributed by atoms with Gasteiger partial charge >= 0.3 is 11.9 Å². The molecular weight excluding hydrogens is 250 g/mol. The predicted molar refractivity (Wildman–Crippen MR) is 65.9 cm³/mol. The summed E-state index contributed by atoms with van der Waals surface area (Å²) in [4.78, 5) is 32.3. The number of hydrogen-bond donors (Lipinski definition) is 1. The maximum Gasteiger partial charge on any atom is 0.376 e. The Bertz CT molecular complexity index is 506. The van der Waals surface area contributed by atoms with Gasteiger partial charge in [-0.2, -0.15) is 0 Å². The summed E-state index contributed by atoms with van der Waals surface area (Å²) >= 11 is 0. The molecule has 0 spiro atoms. The van der Waals surface area contributed by atoms with E-state index in [1.165, 1.54) is 13.3 Å². The van der Waals surface area contributed by atoms with Crippen LogP contribution in [0, 0.1) is 5.92 Å². The van der Waals surface area contributed by atoms with Gasteiger partial charge in [-0.3, -0.25) is 4.79 Å². The summed E-state index contributed by atoms with van der Waals surface area (Å²) in [5.41, 5.74) is 0. The lowest BCUT2D eigenvalue weighted by Crippen LogP contribution is -2.33. The van der Waals surface area contributed by atoms with Crippen LogP contribution in [-0.4, -0.2) is 46.7 Å². The van der Waals surface area contributed by atoms with Gasteiger partial charge in [0, 0.05) is 18.8 Å². The van der Waals surface area contributed by atoms with E-state index in [4.69, 9.17) is 5.11 Å². The van der Waals surface area contributed by atoms with Gasteiger partial charge in [0.25, 0.3) is 0 Å². The number of aliphatic carboxylic acids is 1. The van der Waals surface area contributed by atoms with Crippen molar-refractivity contribution in [1.29, 1.82) is 0 Å². The first-order chi connectivity index (χ1) is 9.04. The van der Waals surface area contributed by atoms with Gasteiger partial charge in [0.05, 0.1) is 13.0 Å². The Labute approximate surface area is 110 Å². The van der Waals surface area contributed by atoms with Crippen molar-refractivity contribution in [2.24, 2.45) is 5.92 Å². The first kappa shape index (κ1) is 13.3. The van der Waals surface area contributed by atoms with Crippen molar-refractivity contribution in [1.82, 2.24) is 9.97 Å². The molecule has 2 atom stereocenters. The van der Waals surface area contributed by atoms with Gasteiger partial charge < -0.3 is 14.7 Å². The number of hydrogen-bond acceptors (Lipinski definition) is 6. The molecule has 0 amide bonds. The predicted octanol–water partition coefficient (Wildman–Crippen LogP) is 0.563. The first-order valence-electron chi connectivity index (χ1n) is 5.95. The summed E-state index contributed by atoms with van der Waals surface area (Å²) in [6.07, 6.45) is 2.03. The van der Waals surface area contributed by atoms with E-state index in [0.717, 1.165) is 0 Å². The average Bonchev–Trinajstić information content (AvgIpc) is 2.80. The van der Waals surface area contributed by atoms with E-state index in [0.29, 0.717) is 18.8 Å². The van der Waals surface area contributed by atoms with Crippen LogP contribution in [0.1, 0.15) is 24.0 Å². The Hall–Kier alpha value is -2.18. The molecule has 2 heterocycles. The second kappa shape index (κ2) is 5.21. The Morgan fingerprint density at radius 2 is 2.26 bits per heavy atom. The van der Waals surface area contributed by atoms with Crippen molar-refractivity contribution in [3.8, 4) is 0 Å². The standard InChI is InChI=1S/C12H15N3O4/c1-7-8(11(16)17)4-6-15(7)9-3-5-13-10(14-9)12(18)19-2/h3,5,7-8H,4,6H2,1-2H3,(H,16,17). The van der Waals surface area contributed by atoms with E-state index in [-0.39, 0.29) is 11.9 Å². The summed E-state index contributed by atoms with van der Waals surface area (Å²) in [6.45, 7) is 2.43. The summed E-state index contributed by atoms with van der Waals surface area (Å²) in [5, 5.41) is 9.10. The van der Waals surface area contributed by atoms with Gasteiger partial charge in [0.15, 0.2) is 0 Å². The van der Waals surface area contributed by atoms with Gasteiger partial charge in [-0.05, 0) is 19.4 Å². The minimum atomic E-state index is -0.808. The molecule has 1 aromatic rings. The number of carbonyl (C=O) groups is 2. The van der Waals surface area contributed by atoms with Crippen LogP contribution in [0.4, 0.5) is 5.82 Å². The Morgan fingerprint density at radius 3 is 2.84 bits per heavy atom. The molecule has 2 rings (SSSR count). The van der Waals surface area contributed by atoms with Crippen molar-refractivity contribution in [3.05, 3.63) is 18.1 Å². The number of carbonyl (C=O) groups excluding carboxylic acids is 1. The van der Waals surface area contributed by atoms with Crippen LogP contribution in [0.15, 0.2) is 12.3 Å². The molecule has 102 valence electrons. The van der Waals surface area contributed by atoms with Crippen molar-refractivity contribution < 1.29 is 19.4 Å². The van der Waals surface area contributed by atoms with E-state index in [1.807, 2.05) is 11.8 Å². The van der Waals surface area contributed by atoms with Gasteiger partial charge in [-0.15, -0.1) is 0 Å². The van der Waals surface area contributed by atoms with Crippen LogP contribution < -0.4 is 4.90 Å². The number of anilines is 1. The molecule has 1 aromatic heterocycles. The molecule has 1 N–H and O–H groups in total. The number of esters is 1. The average molecular weight is 265 g/mol. The fourth-order valence-corrected chi connectivity index (χ4v) is 2.29. The van der Waals surface area contributed by atoms with E-state index in [9.17, 15) is 9.59 Å². The number of nitrogens with zero attached hydrogens (tertiary/aromatic N) is 3. The number of rotatable bonds is 3. The molecule has 1 fully saturated rings. The normalized spacial score (nSPS) is 22.3. The van der Waals surface area contributed by atoms with Gasteiger partial charge in [0.2, 0.25) is 5.82 Å². The lowest BCUT2D eigenvalue weighted by Gasteiger charge is -2.24. The summed E-state index contributed by atoms with van der Waals surface area (Å²) in [7, 11) is 1.26. The molecule has 7 nitrogen and oxygen atoms in total. The molecule has 2 unspecified atom stereocenters. The van der Waals surface area contributed by atoms with Crippen molar-refractivity contribution in [2.45, 2.75) is 19.4 Å². The van der Waals surface area contributed by atoms with E-state index < -0.39 is 17.9 Å². The fourth-order valence-electron chi connectivity index (χ4n) is 2.29. The number of ether oxygens (including phenoxy) is 1. The van der Waals surface area contributed by atoms with E-state index >= 15 is 0 Å². The highest BCUT2D eigenvalue weighted by atomic mass is 16.5. The van der Waals surface area contributed by atoms with Crippen molar-refractivity contribution in [3.63, 3.8) is 0 Å². The monoisotopic (exact) mass is 265 g/mol. The molecule has 1 saturated heterocycles. The van der Waals surface area contributed by atoms with Crippen LogP contribution in [0.3, 0.4) is 0 Å². The number of aromatic nitrogens is 2. The highest BCUT2D eigenvalue weighted by Gasteiger charge is 2.36. The number of carboxylic acid groups (broad SMARTS) is 1. The van der Waals surface area contributed by atoms with Crippen LogP contribution in [0.2, 0.25) is 0 Å². The third-order valence-corrected chi connectivity index (χ3v) is 3.38. The molecule has 1 aliphatic heterocycles.